The van der Waals surface area contributed by atoms with Gasteiger partial charge in [-0.3, -0.25) is 4.98 Å². The average molecular weight is 374 g/mol. The predicted molar refractivity (Wildman–Crippen MR) is 88.5 cm³/mol. The van der Waals surface area contributed by atoms with E-state index in [1.165, 1.54) is 0 Å². The molecule has 0 atom stereocenters. The first kappa shape index (κ1) is 17.9. The molecule has 0 bridgehead atoms. The molecule has 0 aliphatic carbocycles. The minimum atomic E-state index is -4.58. The van der Waals surface area contributed by atoms with Gasteiger partial charge in [-0.1, -0.05) is 24.3 Å². The number of benzene rings is 1. The number of halogens is 3. The van der Waals surface area contributed by atoms with Crippen molar-refractivity contribution in [3.8, 4) is 0 Å². The van der Waals surface area contributed by atoms with Gasteiger partial charge in [-0.15, -0.1) is 0 Å². The summed E-state index contributed by atoms with van der Waals surface area (Å²) in [5, 5.41) is 1.98. The molecule has 1 N–H and O–H groups in total. The van der Waals surface area contributed by atoms with E-state index in [9.17, 15) is 21.6 Å². The first-order chi connectivity index (χ1) is 11.8. The molecule has 1 aliphatic heterocycles. The maximum absolute atomic E-state index is 12.2. The monoisotopic (exact) mass is 374 g/mol. The zero-order valence-electron chi connectivity index (χ0n) is 13.2. The van der Waals surface area contributed by atoms with Gasteiger partial charge in [0.1, 0.15) is 6.54 Å². The summed E-state index contributed by atoms with van der Waals surface area (Å²) >= 11 is 0. The van der Waals surface area contributed by atoms with E-state index >= 15 is 0 Å². The number of nitrogens with one attached hydrogen (secondary N) is 1. The predicted octanol–water partition coefficient (Wildman–Crippen LogP) is 1.75. The molecule has 0 radical (unpaired) electrons. The van der Waals surface area contributed by atoms with Gasteiger partial charge in [0.2, 0.25) is 0 Å². The summed E-state index contributed by atoms with van der Waals surface area (Å²) in [5.74, 6) is 0. The van der Waals surface area contributed by atoms with Crippen molar-refractivity contribution in [2.45, 2.75) is 6.18 Å². The fraction of sp³-hybridized carbons (Fsp3) is 0.400. The minimum absolute atomic E-state index is 0.108. The number of anilines is 1. The maximum Gasteiger partial charge on any atom is 0.402 e. The number of piperazine rings is 1. The van der Waals surface area contributed by atoms with E-state index in [1.807, 2.05) is 29.2 Å². The quantitative estimate of drug-likeness (QED) is 0.886. The van der Waals surface area contributed by atoms with E-state index in [2.05, 4.69) is 4.98 Å². The van der Waals surface area contributed by atoms with Crippen LogP contribution in [0, 0.1) is 0 Å². The van der Waals surface area contributed by atoms with Gasteiger partial charge in [-0.2, -0.15) is 30.6 Å². The van der Waals surface area contributed by atoms with Crippen LogP contribution < -0.4 is 9.62 Å². The fourth-order valence-corrected chi connectivity index (χ4v) is 3.96. The molecule has 1 fully saturated rings. The van der Waals surface area contributed by atoms with Crippen LogP contribution in [0.5, 0.6) is 0 Å². The van der Waals surface area contributed by atoms with Crippen LogP contribution >= 0.6 is 0 Å². The van der Waals surface area contributed by atoms with E-state index in [0.717, 1.165) is 20.8 Å². The molecule has 10 heteroatoms. The molecule has 2 heterocycles. The third-order valence-corrected chi connectivity index (χ3v) is 5.58. The number of pyridine rings is 1. The number of alkyl halides is 3. The van der Waals surface area contributed by atoms with E-state index in [-0.39, 0.29) is 13.1 Å². The van der Waals surface area contributed by atoms with Gasteiger partial charge < -0.3 is 4.90 Å². The van der Waals surface area contributed by atoms with Gasteiger partial charge in [0.15, 0.2) is 0 Å². The van der Waals surface area contributed by atoms with Crippen LogP contribution in [-0.4, -0.2) is 56.6 Å². The highest BCUT2D eigenvalue weighted by Crippen LogP contribution is 2.26. The third kappa shape index (κ3) is 4.20. The number of aromatic nitrogens is 1. The van der Waals surface area contributed by atoms with Gasteiger partial charge in [0, 0.05) is 43.1 Å². The first-order valence-electron chi connectivity index (χ1n) is 7.65. The second-order valence-corrected chi connectivity index (χ2v) is 7.46. The van der Waals surface area contributed by atoms with E-state index in [0.29, 0.717) is 13.1 Å². The number of rotatable bonds is 4. The molecule has 1 aromatic heterocycles. The smallest absolute Gasteiger partial charge is 0.367 e. The van der Waals surface area contributed by atoms with E-state index in [1.54, 1.807) is 17.1 Å². The lowest BCUT2D eigenvalue weighted by Crippen LogP contribution is -2.53. The zero-order valence-corrected chi connectivity index (χ0v) is 14.0. The van der Waals surface area contributed by atoms with Crippen molar-refractivity contribution < 1.29 is 21.6 Å². The normalized spacial score (nSPS) is 17.2. The number of hydrogen-bond acceptors (Lipinski definition) is 4. The number of nitrogens with zero attached hydrogens (tertiary/aromatic N) is 3. The molecule has 25 heavy (non-hydrogen) atoms. The summed E-state index contributed by atoms with van der Waals surface area (Å²) in [6, 6.07) is 7.71. The Morgan fingerprint density at radius 3 is 2.44 bits per heavy atom. The highest BCUT2D eigenvalue weighted by Gasteiger charge is 2.33. The van der Waals surface area contributed by atoms with Crippen LogP contribution in [0.15, 0.2) is 36.7 Å². The van der Waals surface area contributed by atoms with Crippen LogP contribution in [0.4, 0.5) is 18.9 Å². The standard InChI is InChI=1S/C15H17F3N4O2S/c16-15(17,18)11-20-25(23,24)22-7-5-21(6-8-22)14-10-19-9-12-3-1-2-4-13(12)14/h1-4,9-10,20H,5-8,11H2. The molecule has 3 rings (SSSR count). The van der Waals surface area contributed by atoms with Gasteiger partial charge >= 0.3 is 6.18 Å². The molecule has 0 unspecified atom stereocenters. The Kier molecular flexibility index (Phi) is 4.85. The largest absolute Gasteiger partial charge is 0.402 e. The van der Waals surface area contributed by atoms with E-state index < -0.39 is 22.9 Å². The lowest BCUT2D eigenvalue weighted by molar-refractivity contribution is -0.121. The van der Waals surface area contributed by atoms with Gasteiger partial charge in [0.05, 0.1) is 11.9 Å². The Labute approximate surface area is 143 Å². The molecule has 6 nitrogen and oxygen atoms in total. The summed E-state index contributed by atoms with van der Waals surface area (Å²) in [5.41, 5.74) is 0.887. The van der Waals surface area contributed by atoms with Crippen molar-refractivity contribution in [1.82, 2.24) is 14.0 Å². The SMILES string of the molecule is O=S(=O)(NCC(F)(F)F)N1CCN(c2cncc3ccccc23)CC1. The Bertz CT molecular complexity index is 844. The third-order valence-electron chi connectivity index (χ3n) is 4.02. The van der Waals surface area contributed by atoms with Crippen LogP contribution in [-0.2, 0) is 10.2 Å². The molecule has 0 saturated carbocycles. The second kappa shape index (κ2) is 6.77. The summed E-state index contributed by atoms with van der Waals surface area (Å²) in [4.78, 5) is 6.19. The molecule has 136 valence electrons. The second-order valence-electron chi connectivity index (χ2n) is 5.71. The first-order valence-corrected chi connectivity index (χ1v) is 9.09. The molecule has 1 aromatic carbocycles. The van der Waals surface area contributed by atoms with Crippen LogP contribution in [0.2, 0.25) is 0 Å². The molecule has 1 saturated heterocycles. The van der Waals surface area contributed by atoms with Crippen LogP contribution in [0.1, 0.15) is 0 Å². The minimum Gasteiger partial charge on any atom is -0.367 e. The van der Waals surface area contributed by atoms with Crippen LogP contribution in [0.25, 0.3) is 10.8 Å². The highest BCUT2D eigenvalue weighted by atomic mass is 32.2. The number of fused-ring (bicyclic) bond motifs is 1. The summed E-state index contributed by atoms with van der Waals surface area (Å²) in [6.45, 7) is -0.596. The maximum atomic E-state index is 12.2. The molecule has 1 aliphatic rings. The summed E-state index contributed by atoms with van der Waals surface area (Å²) in [6.07, 6.45) is -1.11. The van der Waals surface area contributed by atoms with Crippen molar-refractivity contribution in [3.63, 3.8) is 0 Å². The van der Waals surface area contributed by atoms with E-state index in [4.69, 9.17) is 0 Å². The Hall–Kier alpha value is -1.91. The van der Waals surface area contributed by atoms with Gasteiger partial charge in [-0.05, 0) is 0 Å². The van der Waals surface area contributed by atoms with Gasteiger partial charge in [0.25, 0.3) is 10.2 Å². The van der Waals surface area contributed by atoms with Crippen molar-refractivity contribution in [1.29, 1.82) is 0 Å². The Morgan fingerprint density at radius 1 is 1.08 bits per heavy atom. The van der Waals surface area contributed by atoms with Gasteiger partial charge in [-0.25, -0.2) is 0 Å². The molecule has 0 spiro atoms. The van der Waals surface area contributed by atoms with Crippen molar-refractivity contribution in [3.05, 3.63) is 36.7 Å². The topological polar surface area (TPSA) is 65.5 Å². The van der Waals surface area contributed by atoms with Crippen molar-refractivity contribution >= 4 is 26.7 Å². The zero-order chi connectivity index (χ0) is 18.1. The molecule has 0 amide bonds. The lowest BCUT2D eigenvalue weighted by Gasteiger charge is -2.35. The van der Waals surface area contributed by atoms with Crippen LogP contribution in [0.3, 0.4) is 0 Å². The van der Waals surface area contributed by atoms with Crippen molar-refractivity contribution in [2.24, 2.45) is 0 Å². The lowest BCUT2D eigenvalue weighted by atomic mass is 10.1. The number of hydrogen-bond donors (Lipinski definition) is 1. The average Bonchev–Trinajstić information content (AvgIpc) is 2.59. The Morgan fingerprint density at radius 2 is 1.76 bits per heavy atom. The molecular formula is C15H17F3N4O2S. The fourth-order valence-electron chi connectivity index (χ4n) is 2.79. The summed E-state index contributed by atoms with van der Waals surface area (Å²) < 4.78 is 63.2. The highest BCUT2D eigenvalue weighted by molar-refractivity contribution is 7.87. The summed E-state index contributed by atoms with van der Waals surface area (Å²) in [7, 11) is -4.14. The molecule has 2 aromatic rings. The van der Waals surface area contributed by atoms with Crippen molar-refractivity contribution in [2.75, 3.05) is 37.6 Å². The molecular weight excluding hydrogens is 357 g/mol. The Balaban J connectivity index is 1.69.